The molecule has 38 heavy (non-hydrogen) atoms. The average Bonchev–Trinajstić information content (AvgIpc) is 3.39. The molecule has 0 unspecified atom stereocenters. The minimum absolute atomic E-state index is 0.0173. The molecule has 1 aromatic carbocycles. The van der Waals surface area contributed by atoms with Crippen LogP contribution in [0.5, 0.6) is 5.75 Å². The molecule has 3 aliphatic rings. The van der Waals surface area contributed by atoms with Crippen LogP contribution in [-0.4, -0.2) is 75.7 Å². The molecule has 0 bridgehead atoms. The summed E-state index contributed by atoms with van der Waals surface area (Å²) in [5, 5.41) is 0. The van der Waals surface area contributed by atoms with Crippen LogP contribution in [0.2, 0.25) is 18.1 Å². The van der Waals surface area contributed by atoms with Gasteiger partial charge < -0.3 is 18.8 Å². The first-order chi connectivity index (χ1) is 18.0. The molecule has 0 radical (unpaired) electrons. The maximum Gasteiger partial charge on any atom is 0.355 e. The van der Waals surface area contributed by atoms with Crippen molar-refractivity contribution in [2.75, 3.05) is 27.7 Å². The predicted octanol–water partition coefficient (Wildman–Crippen LogP) is 4.66. The zero-order chi connectivity index (χ0) is 27.8. The van der Waals surface area contributed by atoms with E-state index in [1.807, 2.05) is 45.3 Å². The Morgan fingerprint density at radius 1 is 1.16 bits per heavy atom. The van der Waals surface area contributed by atoms with E-state index < -0.39 is 14.3 Å². The standard InChI is InChI=1S/C29H45N2O6Si/c1-9-38(10-2,11-3)37-20(5)25-26-19(4)24(23-16-17-31(6,7)36-23)27(30(26)28(25)32)29(33)35-18-21-12-14-22(34-8)15-13-21/h12-15,19-20,23,25-26H,9-11,16-18H2,1-8H3/q+1/t19-,20+,23+,25+,26+/m0/s1. The molecule has 3 aliphatic heterocycles. The molecule has 0 spiro atoms. The first-order valence-electron chi connectivity index (χ1n) is 14.1. The fourth-order valence-corrected chi connectivity index (χ4v) is 9.44. The smallest absolute Gasteiger partial charge is 0.355 e. The van der Waals surface area contributed by atoms with Crippen molar-refractivity contribution in [1.29, 1.82) is 0 Å². The van der Waals surface area contributed by atoms with E-state index in [0.717, 1.165) is 48.0 Å². The van der Waals surface area contributed by atoms with Gasteiger partial charge in [-0.15, -0.1) is 0 Å². The quantitative estimate of drug-likeness (QED) is 0.174. The van der Waals surface area contributed by atoms with Gasteiger partial charge in [0.25, 0.3) is 0 Å². The second-order valence-electron chi connectivity index (χ2n) is 11.5. The number of amides is 1. The van der Waals surface area contributed by atoms with Crippen LogP contribution < -0.4 is 4.74 Å². The molecule has 9 heteroatoms. The summed E-state index contributed by atoms with van der Waals surface area (Å²) in [7, 11) is 3.76. The summed E-state index contributed by atoms with van der Waals surface area (Å²) in [4.78, 5) is 35.3. The Kier molecular flexibility index (Phi) is 8.42. The van der Waals surface area contributed by atoms with Crippen LogP contribution in [0.3, 0.4) is 0 Å². The fourth-order valence-electron chi connectivity index (χ4n) is 6.50. The van der Waals surface area contributed by atoms with Gasteiger partial charge in [-0.2, -0.15) is 9.48 Å². The molecule has 1 aromatic rings. The molecule has 1 amide bonds. The van der Waals surface area contributed by atoms with E-state index in [0.29, 0.717) is 10.3 Å². The fraction of sp³-hybridized carbons (Fsp3) is 0.655. The van der Waals surface area contributed by atoms with Crippen LogP contribution in [-0.2, 0) is 30.2 Å². The van der Waals surface area contributed by atoms with Crippen molar-refractivity contribution in [1.82, 2.24) is 4.90 Å². The van der Waals surface area contributed by atoms with Gasteiger partial charge in [0.15, 0.2) is 8.32 Å². The van der Waals surface area contributed by atoms with Gasteiger partial charge in [0.05, 0.1) is 39.3 Å². The third kappa shape index (κ3) is 5.18. The molecule has 0 aromatic heterocycles. The lowest BCUT2D eigenvalue weighted by molar-refractivity contribution is -1.06. The van der Waals surface area contributed by atoms with Gasteiger partial charge in [0.2, 0.25) is 5.91 Å². The molecule has 4 rings (SSSR count). The van der Waals surface area contributed by atoms with E-state index >= 15 is 0 Å². The number of fused-ring (bicyclic) bond motifs is 1. The van der Waals surface area contributed by atoms with Crippen LogP contribution in [0.1, 0.15) is 46.6 Å². The number of carbonyl (C=O) groups is 2. The summed E-state index contributed by atoms with van der Waals surface area (Å²) < 4.78 is 18.2. The van der Waals surface area contributed by atoms with Crippen molar-refractivity contribution >= 4 is 20.2 Å². The largest absolute Gasteiger partial charge is 0.497 e. The van der Waals surface area contributed by atoms with E-state index in [2.05, 4.69) is 27.7 Å². The van der Waals surface area contributed by atoms with Crippen LogP contribution in [0.4, 0.5) is 0 Å². The molecule has 8 nitrogen and oxygen atoms in total. The molecule has 0 saturated carbocycles. The van der Waals surface area contributed by atoms with Gasteiger partial charge in [-0.1, -0.05) is 39.8 Å². The number of ether oxygens (including phenoxy) is 2. The minimum atomic E-state index is -1.89. The van der Waals surface area contributed by atoms with Crippen LogP contribution in [0.25, 0.3) is 0 Å². The number of β-lactam (4-membered cyclic amide) rings is 1. The summed E-state index contributed by atoms with van der Waals surface area (Å²) in [6.45, 7) is 11.7. The van der Waals surface area contributed by atoms with Crippen LogP contribution in [0.15, 0.2) is 35.5 Å². The molecule has 2 fully saturated rings. The maximum absolute atomic E-state index is 13.7. The van der Waals surface area contributed by atoms with Crippen molar-refractivity contribution < 1.29 is 33.0 Å². The zero-order valence-electron chi connectivity index (χ0n) is 24.3. The van der Waals surface area contributed by atoms with Crippen molar-refractivity contribution in [3.63, 3.8) is 0 Å². The number of hydrogen-bond donors (Lipinski definition) is 0. The Morgan fingerprint density at radius 3 is 2.32 bits per heavy atom. The number of methoxy groups -OCH3 is 1. The lowest BCUT2D eigenvalue weighted by Crippen LogP contribution is -2.65. The molecule has 2 saturated heterocycles. The van der Waals surface area contributed by atoms with Gasteiger partial charge in [-0.25, -0.2) is 4.79 Å². The highest BCUT2D eigenvalue weighted by molar-refractivity contribution is 6.73. The van der Waals surface area contributed by atoms with E-state index in [1.165, 1.54) is 0 Å². The number of hydroxylamine groups is 3. The highest BCUT2D eigenvalue weighted by Gasteiger charge is 2.62. The Morgan fingerprint density at radius 2 is 1.79 bits per heavy atom. The predicted molar refractivity (Wildman–Crippen MR) is 147 cm³/mol. The summed E-state index contributed by atoms with van der Waals surface area (Å²) in [6.07, 6.45) is 0.379. The summed E-state index contributed by atoms with van der Waals surface area (Å²) in [5.41, 5.74) is 2.13. The third-order valence-electron chi connectivity index (χ3n) is 8.99. The Bertz CT molecular complexity index is 1060. The topological polar surface area (TPSA) is 74.3 Å². The first-order valence-corrected chi connectivity index (χ1v) is 16.6. The Hall–Kier alpha value is -2.20. The van der Waals surface area contributed by atoms with Crippen LogP contribution in [0, 0.1) is 11.8 Å². The average molecular weight is 546 g/mol. The Balaban J connectivity index is 1.59. The van der Waals surface area contributed by atoms with E-state index in [9.17, 15) is 9.59 Å². The molecule has 3 heterocycles. The molecule has 210 valence electrons. The van der Waals surface area contributed by atoms with Gasteiger partial charge in [0.1, 0.15) is 30.7 Å². The van der Waals surface area contributed by atoms with Crippen molar-refractivity contribution in [3.8, 4) is 5.75 Å². The molecule has 0 aliphatic carbocycles. The van der Waals surface area contributed by atoms with Crippen molar-refractivity contribution in [3.05, 3.63) is 41.1 Å². The molecular formula is C29H45N2O6Si+. The van der Waals surface area contributed by atoms with Crippen molar-refractivity contribution in [2.24, 2.45) is 11.8 Å². The van der Waals surface area contributed by atoms with Gasteiger partial charge >= 0.3 is 5.97 Å². The highest BCUT2D eigenvalue weighted by atomic mass is 28.4. The lowest BCUT2D eigenvalue weighted by Gasteiger charge is -2.49. The van der Waals surface area contributed by atoms with E-state index in [4.69, 9.17) is 18.7 Å². The second-order valence-corrected chi connectivity index (χ2v) is 16.2. The number of esters is 1. The number of quaternary nitrogens is 1. The summed E-state index contributed by atoms with van der Waals surface area (Å²) >= 11 is 0. The maximum atomic E-state index is 13.7. The van der Waals surface area contributed by atoms with Crippen LogP contribution >= 0.6 is 0 Å². The van der Waals surface area contributed by atoms with E-state index in [1.54, 1.807) is 12.0 Å². The van der Waals surface area contributed by atoms with Gasteiger partial charge in [0, 0.05) is 17.9 Å². The van der Waals surface area contributed by atoms with E-state index in [-0.39, 0.29) is 42.6 Å². The number of benzene rings is 1. The highest BCUT2D eigenvalue weighted by Crippen LogP contribution is 2.51. The molecule has 0 N–H and O–H groups in total. The second kappa shape index (κ2) is 11.1. The third-order valence-corrected chi connectivity index (χ3v) is 13.7. The summed E-state index contributed by atoms with van der Waals surface area (Å²) in [6, 6.07) is 10.4. The SMILES string of the molecule is CC[Si](CC)(CC)O[C@H](C)[C@H]1C(=O)N2C(C(=O)OCc3ccc(OC)cc3)=C([C@H]3CC[N+](C)(C)O3)[C@H](C)[C@H]12. The van der Waals surface area contributed by atoms with Gasteiger partial charge in [-0.05, 0) is 42.8 Å². The lowest BCUT2D eigenvalue weighted by atomic mass is 9.77. The molecular weight excluding hydrogens is 500 g/mol. The number of rotatable bonds is 11. The number of nitrogens with zero attached hydrogens (tertiary/aromatic N) is 2. The van der Waals surface area contributed by atoms with Crippen molar-refractivity contribution in [2.45, 2.75) is 84.0 Å². The molecule has 5 atom stereocenters. The van der Waals surface area contributed by atoms with Gasteiger partial charge in [-0.3, -0.25) is 4.79 Å². The number of hydrogen-bond acceptors (Lipinski definition) is 6. The summed E-state index contributed by atoms with van der Waals surface area (Å²) in [5.74, 6) is -0.0559. The first kappa shape index (κ1) is 28.8. The minimum Gasteiger partial charge on any atom is -0.497 e. The number of carbonyl (C=O) groups excluding carboxylic acids is 2. The monoisotopic (exact) mass is 545 g/mol. The normalized spacial score (nSPS) is 27.3. The Labute approximate surface area is 228 Å². The zero-order valence-corrected chi connectivity index (χ0v) is 25.3.